The van der Waals surface area contributed by atoms with Crippen molar-refractivity contribution in [1.82, 2.24) is 5.43 Å². The Hall–Kier alpha value is -2.62. The second kappa shape index (κ2) is 4.74. The first-order chi connectivity index (χ1) is 10.3. The summed E-state index contributed by atoms with van der Waals surface area (Å²) in [5.41, 5.74) is 7.98. The summed E-state index contributed by atoms with van der Waals surface area (Å²) in [5, 5.41) is 4.55. The van der Waals surface area contributed by atoms with Gasteiger partial charge in [0.25, 0.3) is 0 Å². The third-order valence-electron chi connectivity index (χ3n) is 4.01. The minimum atomic E-state index is 0.823. The lowest BCUT2D eigenvalue weighted by atomic mass is 10.1. The second-order valence-electron chi connectivity index (χ2n) is 5.37. The summed E-state index contributed by atoms with van der Waals surface area (Å²) in [5.74, 6) is 1.93. The van der Waals surface area contributed by atoms with E-state index in [0.717, 1.165) is 30.2 Å². The number of fused-ring (bicyclic) bond motifs is 2. The molecule has 0 saturated heterocycles. The summed E-state index contributed by atoms with van der Waals surface area (Å²) in [6.07, 6.45) is 1.68. The SMILES string of the molecule is CN1/C(=N/NC2=Nc3ccccc3C2)Cc2ccccc21. The molecule has 2 aromatic rings. The van der Waals surface area contributed by atoms with E-state index in [0.29, 0.717) is 0 Å². The molecule has 0 bridgehead atoms. The van der Waals surface area contributed by atoms with Crippen LogP contribution in [0.3, 0.4) is 0 Å². The molecule has 0 fully saturated rings. The quantitative estimate of drug-likeness (QED) is 0.814. The molecule has 104 valence electrons. The number of rotatable bonds is 1. The molecular weight excluding hydrogens is 260 g/mol. The van der Waals surface area contributed by atoms with Gasteiger partial charge in [-0.2, -0.15) is 5.10 Å². The lowest BCUT2D eigenvalue weighted by Crippen LogP contribution is -2.27. The van der Waals surface area contributed by atoms with Crippen molar-refractivity contribution in [3.05, 3.63) is 59.7 Å². The minimum absolute atomic E-state index is 0.823. The van der Waals surface area contributed by atoms with Crippen molar-refractivity contribution in [2.45, 2.75) is 12.8 Å². The van der Waals surface area contributed by atoms with Gasteiger partial charge >= 0.3 is 0 Å². The topological polar surface area (TPSA) is 40.0 Å². The number of hydrogen-bond acceptors (Lipinski definition) is 3. The van der Waals surface area contributed by atoms with E-state index in [2.05, 4.69) is 57.8 Å². The Morgan fingerprint density at radius 1 is 1.00 bits per heavy atom. The smallest absolute Gasteiger partial charge is 0.133 e. The van der Waals surface area contributed by atoms with Crippen LogP contribution in [-0.2, 0) is 12.8 Å². The molecule has 2 aromatic carbocycles. The molecule has 2 aliphatic rings. The predicted molar refractivity (Wildman–Crippen MR) is 86.4 cm³/mol. The number of aliphatic imine (C=N–C) groups is 1. The van der Waals surface area contributed by atoms with Gasteiger partial charge in [-0.05, 0) is 23.3 Å². The highest BCUT2D eigenvalue weighted by atomic mass is 15.4. The molecule has 0 aromatic heterocycles. The Kier molecular flexibility index (Phi) is 2.74. The Labute approximate surface area is 123 Å². The summed E-state index contributed by atoms with van der Waals surface area (Å²) < 4.78 is 0. The van der Waals surface area contributed by atoms with Gasteiger partial charge in [0.2, 0.25) is 0 Å². The average molecular weight is 276 g/mol. The van der Waals surface area contributed by atoms with Crippen LogP contribution in [0.15, 0.2) is 58.6 Å². The first-order valence-corrected chi connectivity index (χ1v) is 7.11. The fourth-order valence-electron chi connectivity index (χ4n) is 2.86. The molecule has 21 heavy (non-hydrogen) atoms. The number of nitrogens with zero attached hydrogens (tertiary/aromatic N) is 3. The van der Waals surface area contributed by atoms with Crippen molar-refractivity contribution in [1.29, 1.82) is 0 Å². The van der Waals surface area contributed by atoms with Gasteiger partial charge in [0, 0.05) is 25.6 Å². The highest BCUT2D eigenvalue weighted by Crippen LogP contribution is 2.28. The fraction of sp³-hybridized carbons (Fsp3) is 0.176. The normalized spacial score (nSPS) is 17.7. The van der Waals surface area contributed by atoms with Crippen LogP contribution < -0.4 is 10.3 Å². The van der Waals surface area contributed by atoms with Crippen molar-refractivity contribution in [2.75, 3.05) is 11.9 Å². The fourth-order valence-corrected chi connectivity index (χ4v) is 2.86. The zero-order valence-electron chi connectivity index (χ0n) is 11.9. The van der Waals surface area contributed by atoms with E-state index in [9.17, 15) is 0 Å². The molecule has 2 heterocycles. The number of nitrogens with one attached hydrogen (secondary N) is 1. The second-order valence-corrected chi connectivity index (χ2v) is 5.37. The molecule has 0 spiro atoms. The summed E-state index contributed by atoms with van der Waals surface area (Å²) in [7, 11) is 2.05. The van der Waals surface area contributed by atoms with Gasteiger partial charge in [-0.3, -0.25) is 5.43 Å². The molecular formula is C17H16N4. The first-order valence-electron chi connectivity index (χ1n) is 7.11. The number of para-hydroxylation sites is 2. The standard InChI is InChI=1S/C17H16N4/c1-21-15-9-5-3-7-13(15)11-17(21)20-19-16-10-12-6-2-4-8-14(12)18-16/h2-9H,10-11H2,1H3,(H,18,19)/b20-17+. The number of hydrogen-bond donors (Lipinski definition) is 1. The summed E-state index contributed by atoms with van der Waals surface area (Å²) in [4.78, 5) is 6.70. The van der Waals surface area contributed by atoms with Gasteiger partial charge in [-0.15, -0.1) is 0 Å². The zero-order chi connectivity index (χ0) is 14.2. The van der Waals surface area contributed by atoms with Crippen LogP contribution in [0.25, 0.3) is 0 Å². The van der Waals surface area contributed by atoms with E-state index in [4.69, 9.17) is 0 Å². The van der Waals surface area contributed by atoms with E-state index in [-0.39, 0.29) is 0 Å². The zero-order valence-corrected chi connectivity index (χ0v) is 11.9. The van der Waals surface area contributed by atoms with Crippen LogP contribution in [0.4, 0.5) is 11.4 Å². The van der Waals surface area contributed by atoms with Crippen molar-refractivity contribution in [3.63, 3.8) is 0 Å². The monoisotopic (exact) mass is 276 g/mol. The summed E-state index contributed by atoms with van der Waals surface area (Å²) >= 11 is 0. The van der Waals surface area contributed by atoms with Crippen molar-refractivity contribution >= 4 is 23.0 Å². The van der Waals surface area contributed by atoms with Crippen molar-refractivity contribution in [2.24, 2.45) is 10.1 Å². The molecule has 0 unspecified atom stereocenters. The highest BCUT2D eigenvalue weighted by molar-refractivity contribution is 6.05. The van der Waals surface area contributed by atoms with Gasteiger partial charge in [0.05, 0.1) is 5.69 Å². The lowest BCUT2D eigenvalue weighted by Gasteiger charge is -2.13. The van der Waals surface area contributed by atoms with E-state index in [1.165, 1.54) is 16.8 Å². The van der Waals surface area contributed by atoms with Crippen molar-refractivity contribution < 1.29 is 0 Å². The van der Waals surface area contributed by atoms with Gasteiger partial charge in [0.15, 0.2) is 0 Å². The van der Waals surface area contributed by atoms with Gasteiger partial charge in [0.1, 0.15) is 11.7 Å². The van der Waals surface area contributed by atoms with E-state index >= 15 is 0 Å². The molecule has 4 rings (SSSR count). The third-order valence-corrected chi connectivity index (χ3v) is 4.01. The Morgan fingerprint density at radius 2 is 1.76 bits per heavy atom. The molecule has 1 N–H and O–H groups in total. The van der Waals surface area contributed by atoms with Crippen LogP contribution in [0.2, 0.25) is 0 Å². The maximum Gasteiger partial charge on any atom is 0.133 e. The molecule has 4 heteroatoms. The van der Waals surface area contributed by atoms with Gasteiger partial charge < -0.3 is 4.90 Å². The summed E-state index contributed by atoms with van der Waals surface area (Å²) in [6.45, 7) is 0. The molecule has 0 radical (unpaired) electrons. The van der Waals surface area contributed by atoms with Crippen LogP contribution in [0, 0.1) is 0 Å². The Balaban J connectivity index is 1.52. The van der Waals surface area contributed by atoms with Crippen LogP contribution >= 0.6 is 0 Å². The maximum absolute atomic E-state index is 4.57. The molecule has 0 atom stereocenters. The van der Waals surface area contributed by atoms with Crippen molar-refractivity contribution in [3.8, 4) is 0 Å². The molecule has 4 nitrogen and oxygen atoms in total. The minimum Gasteiger partial charge on any atom is -0.331 e. The largest absolute Gasteiger partial charge is 0.331 e. The van der Waals surface area contributed by atoms with Gasteiger partial charge in [-0.1, -0.05) is 36.4 Å². The van der Waals surface area contributed by atoms with Crippen LogP contribution in [-0.4, -0.2) is 18.7 Å². The Morgan fingerprint density at radius 3 is 2.57 bits per heavy atom. The number of hydrazone groups is 1. The maximum atomic E-state index is 4.57. The van der Waals surface area contributed by atoms with E-state index < -0.39 is 0 Å². The number of amidine groups is 2. The first kappa shape index (κ1) is 12.1. The highest BCUT2D eigenvalue weighted by Gasteiger charge is 2.22. The number of anilines is 1. The summed E-state index contributed by atoms with van der Waals surface area (Å²) in [6, 6.07) is 16.6. The molecule has 0 aliphatic carbocycles. The Bertz CT molecular complexity index is 761. The van der Waals surface area contributed by atoms with Crippen LogP contribution in [0.5, 0.6) is 0 Å². The number of likely N-dealkylation sites (N-methyl/N-ethyl adjacent to an activating group) is 1. The van der Waals surface area contributed by atoms with E-state index in [1.807, 2.05) is 18.2 Å². The predicted octanol–water partition coefficient (Wildman–Crippen LogP) is 2.87. The van der Waals surface area contributed by atoms with Crippen LogP contribution in [0.1, 0.15) is 11.1 Å². The average Bonchev–Trinajstić information content (AvgIpc) is 3.07. The molecule has 2 aliphatic heterocycles. The van der Waals surface area contributed by atoms with Gasteiger partial charge in [-0.25, -0.2) is 4.99 Å². The van der Waals surface area contributed by atoms with E-state index in [1.54, 1.807) is 0 Å². The number of benzene rings is 2. The lowest BCUT2D eigenvalue weighted by molar-refractivity contribution is 0.983. The molecule has 0 amide bonds. The molecule has 0 saturated carbocycles. The third kappa shape index (κ3) is 2.09.